The van der Waals surface area contributed by atoms with Crippen LogP contribution >= 0.6 is 0 Å². The van der Waals surface area contributed by atoms with Crippen molar-refractivity contribution in [3.05, 3.63) is 144 Å². The lowest BCUT2D eigenvalue weighted by molar-refractivity contribution is -0.178. The van der Waals surface area contributed by atoms with Gasteiger partial charge in [0.25, 0.3) is 0 Å². The highest BCUT2D eigenvalue weighted by Crippen LogP contribution is 2.65. The van der Waals surface area contributed by atoms with E-state index in [0.717, 1.165) is 11.1 Å². The van der Waals surface area contributed by atoms with Gasteiger partial charge in [0.2, 0.25) is 11.8 Å². The molecule has 2 fully saturated rings. The minimum absolute atomic E-state index is 0.0131. The van der Waals surface area contributed by atoms with Gasteiger partial charge < -0.3 is 36.3 Å². The second kappa shape index (κ2) is 15.3. The van der Waals surface area contributed by atoms with E-state index in [9.17, 15) is 19.5 Å². The minimum Gasteiger partial charge on any atom is -0.491 e. The second-order valence-electron chi connectivity index (χ2n) is 13.1. The molecule has 12 heteroatoms. The van der Waals surface area contributed by atoms with Crippen LogP contribution in [0.15, 0.2) is 116 Å². The molecule has 6 unspecified atom stereocenters. The highest BCUT2D eigenvalue weighted by molar-refractivity contribution is 6.12. The maximum absolute atomic E-state index is 15.2. The van der Waals surface area contributed by atoms with E-state index in [1.54, 1.807) is 30.3 Å². The molecule has 12 nitrogen and oxygen atoms in total. The molecule has 0 aliphatic carbocycles. The van der Waals surface area contributed by atoms with Crippen LogP contribution in [-0.4, -0.2) is 66.2 Å². The first-order valence-electron chi connectivity index (χ1n) is 17.6. The summed E-state index contributed by atoms with van der Waals surface area (Å²) in [7, 11) is 0. The molecule has 274 valence electrons. The molecule has 54 heavy (non-hydrogen) atoms. The molecule has 0 saturated carbocycles. The van der Waals surface area contributed by atoms with Gasteiger partial charge in [0.1, 0.15) is 29.9 Å². The predicted molar refractivity (Wildman–Crippen MR) is 200 cm³/mol. The smallest absolute Gasteiger partial charge is 0.324 e. The number of anilines is 1. The number of ether oxygens (including phenoxy) is 2. The summed E-state index contributed by atoms with van der Waals surface area (Å²) in [4.78, 5) is 58.0. The number of primary amides is 1. The van der Waals surface area contributed by atoms with Crippen LogP contribution < -0.4 is 26.4 Å². The van der Waals surface area contributed by atoms with Gasteiger partial charge in [-0.2, -0.15) is 0 Å². The summed E-state index contributed by atoms with van der Waals surface area (Å²) in [6.07, 6.45) is 0.692. The lowest BCUT2D eigenvalue weighted by atomic mass is 9.65. The number of hydrogen-bond donors (Lipinski definition) is 5. The van der Waals surface area contributed by atoms with Gasteiger partial charge in [-0.05, 0) is 41.0 Å². The summed E-state index contributed by atoms with van der Waals surface area (Å²) >= 11 is 0. The molecule has 3 heterocycles. The maximum Gasteiger partial charge on any atom is 0.324 e. The number of para-hydroxylation sites is 1. The van der Waals surface area contributed by atoms with Crippen LogP contribution in [0.1, 0.15) is 46.0 Å². The van der Waals surface area contributed by atoms with Crippen LogP contribution in [0.4, 0.5) is 10.5 Å². The van der Waals surface area contributed by atoms with E-state index in [1.807, 2.05) is 77.7 Å². The van der Waals surface area contributed by atoms with Crippen molar-refractivity contribution in [2.75, 3.05) is 31.6 Å². The Balaban J connectivity index is 1.55. The van der Waals surface area contributed by atoms with Gasteiger partial charge in [-0.15, -0.1) is 6.58 Å². The van der Waals surface area contributed by atoms with Gasteiger partial charge in [0.05, 0.1) is 31.2 Å². The Labute approximate surface area is 312 Å². The zero-order chi connectivity index (χ0) is 37.8. The fourth-order valence-electron chi connectivity index (χ4n) is 8.20. The summed E-state index contributed by atoms with van der Waals surface area (Å²) in [5, 5.41) is 18.2. The van der Waals surface area contributed by atoms with Gasteiger partial charge in [-0.25, -0.2) is 4.79 Å². The molecular weight excluding hydrogens is 686 g/mol. The highest BCUT2D eigenvalue weighted by atomic mass is 16.6. The number of esters is 1. The highest BCUT2D eigenvalue weighted by Gasteiger charge is 2.74. The Bertz CT molecular complexity index is 2150. The molecule has 4 aromatic carbocycles. The molecule has 6 N–H and O–H groups in total. The van der Waals surface area contributed by atoms with Gasteiger partial charge in [-0.1, -0.05) is 96.8 Å². The van der Waals surface area contributed by atoms with Crippen molar-refractivity contribution in [3.8, 4) is 17.6 Å². The molecule has 6 atom stereocenters. The van der Waals surface area contributed by atoms with Crippen molar-refractivity contribution in [1.82, 2.24) is 15.5 Å². The molecule has 0 bridgehead atoms. The molecule has 1 spiro atoms. The fraction of sp³-hybridized carbons (Fsp3) is 0.238. The average molecular weight is 726 g/mol. The summed E-state index contributed by atoms with van der Waals surface area (Å²) in [5.74, 6) is 3.24. The number of aliphatic hydroxyl groups excluding tert-OH is 1. The number of nitrogens with one attached hydrogen (secondary N) is 3. The number of amides is 4. The van der Waals surface area contributed by atoms with E-state index in [2.05, 4.69) is 34.4 Å². The number of nitrogens with zero attached hydrogens (tertiary/aromatic N) is 1. The second-order valence-corrected chi connectivity index (χ2v) is 13.1. The van der Waals surface area contributed by atoms with Crippen molar-refractivity contribution in [2.45, 2.75) is 29.6 Å². The third-order valence-electron chi connectivity index (χ3n) is 10.2. The Kier molecular flexibility index (Phi) is 10.2. The molecule has 7 rings (SSSR count). The first-order valence-corrected chi connectivity index (χ1v) is 17.6. The number of nitrogens with two attached hydrogens (primary N) is 1. The molecular formula is C42H39N5O7. The van der Waals surface area contributed by atoms with E-state index in [1.165, 1.54) is 6.08 Å². The van der Waals surface area contributed by atoms with Crippen molar-refractivity contribution < 1.29 is 33.8 Å². The third-order valence-corrected chi connectivity index (χ3v) is 10.2. The van der Waals surface area contributed by atoms with Crippen molar-refractivity contribution in [2.24, 2.45) is 11.7 Å². The van der Waals surface area contributed by atoms with E-state index in [4.69, 9.17) is 15.2 Å². The number of urea groups is 1. The van der Waals surface area contributed by atoms with Crippen LogP contribution in [0.3, 0.4) is 0 Å². The van der Waals surface area contributed by atoms with E-state index >= 15 is 4.79 Å². The van der Waals surface area contributed by atoms with Crippen LogP contribution in [0.5, 0.6) is 5.75 Å². The Morgan fingerprint density at radius 1 is 0.963 bits per heavy atom. The van der Waals surface area contributed by atoms with E-state index in [-0.39, 0.29) is 26.3 Å². The number of aliphatic hydroxyl groups is 1. The van der Waals surface area contributed by atoms with Gasteiger partial charge in [0, 0.05) is 23.4 Å². The van der Waals surface area contributed by atoms with Crippen LogP contribution in [0.25, 0.3) is 0 Å². The van der Waals surface area contributed by atoms with Crippen LogP contribution in [0, 0.1) is 17.8 Å². The monoisotopic (exact) mass is 725 g/mol. The summed E-state index contributed by atoms with van der Waals surface area (Å²) in [5.41, 5.74) is 6.92. The topological polar surface area (TPSA) is 172 Å². The lowest BCUT2D eigenvalue weighted by Gasteiger charge is -2.46. The van der Waals surface area contributed by atoms with E-state index < -0.39 is 59.4 Å². The minimum atomic E-state index is -1.76. The molecule has 4 amide bonds. The first-order chi connectivity index (χ1) is 26.3. The Morgan fingerprint density at radius 2 is 1.67 bits per heavy atom. The normalized spacial score (nSPS) is 23.9. The number of benzene rings is 4. The lowest BCUT2D eigenvalue weighted by Crippen LogP contribution is -2.54. The Hall–Kier alpha value is -6.42. The molecule has 0 aromatic heterocycles. The number of hydrogen-bond acceptors (Lipinski definition) is 8. The predicted octanol–water partition coefficient (Wildman–Crippen LogP) is 3.65. The third kappa shape index (κ3) is 6.23. The molecule has 3 aliphatic heterocycles. The van der Waals surface area contributed by atoms with Crippen molar-refractivity contribution in [3.63, 3.8) is 0 Å². The number of carbonyl (C=O) groups excluding carboxylic acids is 4. The number of fused-ring (bicyclic) bond motifs is 3. The van der Waals surface area contributed by atoms with Crippen LogP contribution in [0.2, 0.25) is 0 Å². The first kappa shape index (κ1) is 36.0. The van der Waals surface area contributed by atoms with Gasteiger partial charge >= 0.3 is 12.0 Å². The summed E-state index contributed by atoms with van der Waals surface area (Å²) in [6.45, 7) is 3.53. The maximum atomic E-state index is 15.2. The number of rotatable bonds is 10. The number of carbonyl (C=O) groups is 4. The molecule has 4 aromatic rings. The average Bonchev–Trinajstić information content (AvgIpc) is 3.66. The molecule has 0 radical (unpaired) electrons. The summed E-state index contributed by atoms with van der Waals surface area (Å²) in [6, 6.07) is 27.6. The standard InChI is InChI=1S/C42H39N5O7/c1-2-21-44-38(49)33-35-39(50)54-36(28-15-7-4-8-16-28)34(27-13-5-3-6-14-27)47(35)37(29-17-9-10-18-32(29)53-24-23-48)42(33)30-25-26(12-11-22-45-41(43)52)19-20-31(30)46-40(42)51/h2-10,13-20,25,33-37,48H,1,21-24H2,(H,44,49)(H,46,51)(H3,43,45,52). The van der Waals surface area contributed by atoms with Gasteiger partial charge in [0.15, 0.2) is 0 Å². The quantitative estimate of drug-likeness (QED) is 0.0937. The van der Waals surface area contributed by atoms with Gasteiger partial charge in [-0.3, -0.25) is 19.3 Å². The number of cyclic esters (lactones) is 1. The largest absolute Gasteiger partial charge is 0.491 e. The van der Waals surface area contributed by atoms with Crippen LogP contribution in [-0.2, 0) is 24.5 Å². The fourth-order valence-corrected chi connectivity index (χ4v) is 8.20. The zero-order valence-corrected chi connectivity index (χ0v) is 29.2. The molecule has 2 saturated heterocycles. The van der Waals surface area contributed by atoms with Crippen molar-refractivity contribution >= 4 is 29.5 Å². The summed E-state index contributed by atoms with van der Waals surface area (Å²) < 4.78 is 12.6. The number of morpholine rings is 1. The zero-order valence-electron chi connectivity index (χ0n) is 29.2. The Morgan fingerprint density at radius 3 is 2.37 bits per heavy atom. The SMILES string of the molecule is C=CCNC(=O)C1C2C(=O)OC(c3ccccc3)C(c3ccccc3)N2C(c2ccccc2OCCO)C12C(=O)Nc1ccc(C#CCNC(N)=O)cc12. The van der Waals surface area contributed by atoms with Crippen molar-refractivity contribution in [1.29, 1.82) is 0 Å². The van der Waals surface area contributed by atoms with E-state index in [0.29, 0.717) is 28.1 Å². The molecule has 3 aliphatic rings.